The van der Waals surface area contributed by atoms with Crippen LogP contribution < -0.4 is 5.32 Å². The van der Waals surface area contributed by atoms with Gasteiger partial charge in [0, 0.05) is 10.6 Å². The third-order valence-electron chi connectivity index (χ3n) is 3.35. The van der Waals surface area contributed by atoms with E-state index < -0.39 is 17.6 Å². The highest BCUT2D eigenvalue weighted by Crippen LogP contribution is 2.26. The van der Waals surface area contributed by atoms with Crippen LogP contribution in [0.4, 0.5) is 14.5 Å². The molecule has 0 unspecified atom stereocenters. The second-order valence-electron chi connectivity index (χ2n) is 5.14. The normalized spacial score (nSPS) is 11.0. The van der Waals surface area contributed by atoms with Gasteiger partial charge in [0.2, 0.25) is 0 Å². The highest BCUT2D eigenvalue weighted by atomic mass is 32.2. The predicted octanol–water partition coefficient (Wildman–Crippen LogP) is 4.33. The second kappa shape index (κ2) is 9.50. The first-order valence-corrected chi connectivity index (χ1v) is 8.47. The Hall–Kier alpha value is -3.18. The van der Waals surface area contributed by atoms with E-state index in [9.17, 15) is 23.6 Å². The highest BCUT2D eigenvalue weighted by molar-refractivity contribution is 7.99. The fraction of sp³-hybridized carbons (Fsp3) is 0.105. The van der Waals surface area contributed by atoms with Crippen LogP contribution in [0.5, 0.6) is 0 Å². The molecular formula is C19H14F2N2O3S. The molecule has 0 aliphatic heterocycles. The van der Waals surface area contributed by atoms with Gasteiger partial charge in [-0.3, -0.25) is 4.79 Å². The van der Waals surface area contributed by atoms with Crippen LogP contribution >= 0.6 is 11.8 Å². The molecule has 2 aromatic carbocycles. The molecule has 2 rings (SSSR count). The zero-order valence-corrected chi connectivity index (χ0v) is 14.9. The topological polar surface area (TPSA) is 79.2 Å². The number of thioether (sulfide) groups is 1. The molecule has 0 fully saturated rings. The number of benzene rings is 2. The van der Waals surface area contributed by atoms with E-state index in [1.54, 1.807) is 12.1 Å². The SMILES string of the molecule is COC(=O)c1ccc(C=C(C#N)C(=O)Nc2ccc(SC(F)F)cc2)cc1. The van der Waals surface area contributed by atoms with Gasteiger partial charge in [0.15, 0.2) is 0 Å². The van der Waals surface area contributed by atoms with Gasteiger partial charge >= 0.3 is 5.97 Å². The Morgan fingerprint density at radius 3 is 2.30 bits per heavy atom. The summed E-state index contributed by atoms with van der Waals surface area (Å²) < 4.78 is 29.2. The maximum absolute atomic E-state index is 12.3. The summed E-state index contributed by atoms with van der Waals surface area (Å²) in [7, 11) is 1.27. The van der Waals surface area contributed by atoms with Gasteiger partial charge in [-0.15, -0.1) is 0 Å². The van der Waals surface area contributed by atoms with E-state index >= 15 is 0 Å². The summed E-state index contributed by atoms with van der Waals surface area (Å²) in [4.78, 5) is 24.0. The standard InChI is InChI=1S/C19H14F2N2O3S/c1-26-18(25)13-4-2-12(3-5-13)10-14(11-22)17(24)23-15-6-8-16(9-7-15)27-19(20)21/h2-10,19H,1H3,(H,23,24). The quantitative estimate of drug-likeness (QED) is 0.345. The molecule has 5 nitrogen and oxygen atoms in total. The molecule has 0 saturated carbocycles. The van der Waals surface area contributed by atoms with Crippen molar-refractivity contribution < 1.29 is 23.1 Å². The van der Waals surface area contributed by atoms with Gasteiger partial charge < -0.3 is 10.1 Å². The molecule has 0 heterocycles. The predicted molar refractivity (Wildman–Crippen MR) is 98.3 cm³/mol. The van der Waals surface area contributed by atoms with Gasteiger partial charge in [0.1, 0.15) is 11.6 Å². The van der Waals surface area contributed by atoms with Crippen molar-refractivity contribution >= 4 is 35.4 Å². The molecule has 0 saturated heterocycles. The minimum Gasteiger partial charge on any atom is -0.465 e. The number of carbonyl (C=O) groups is 2. The summed E-state index contributed by atoms with van der Waals surface area (Å²) in [5, 5.41) is 11.8. The molecular weight excluding hydrogens is 374 g/mol. The minimum absolute atomic E-state index is 0.146. The van der Waals surface area contributed by atoms with E-state index in [2.05, 4.69) is 10.1 Å². The molecule has 0 bridgehead atoms. The number of alkyl halides is 2. The van der Waals surface area contributed by atoms with Crippen molar-refractivity contribution in [1.29, 1.82) is 5.26 Å². The van der Waals surface area contributed by atoms with Crippen LogP contribution in [0.25, 0.3) is 6.08 Å². The molecule has 0 spiro atoms. The van der Waals surface area contributed by atoms with Crippen LogP contribution in [0, 0.1) is 11.3 Å². The Morgan fingerprint density at radius 1 is 1.15 bits per heavy atom. The number of nitrogens with zero attached hydrogens (tertiary/aromatic N) is 1. The zero-order valence-electron chi connectivity index (χ0n) is 14.1. The number of halogens is 2. The summed E-state index contributed by atoms with van der Waals surface area (Å²) in [5.74, 6) is -3.65. The number of carbonyl (C=O) groups excluding carboxylic acids is 2. The van der Waals surface area contributed by atoms with Crippen molar-refractivity contribution in [3.8, 4) is 6.07 Å². The highest BCUT2D eigenvalue weighted by Gasteiger charge is 2.11. The van der Waals surface area contributed by atoms with Crippen LogP contribution in [0.15, 0.2) is 59.0 Å². The van der Waals surface area contributed by atoms with Gasteiger partial charge in [0.25, 0.3) is 11.7 Å². The maximum Gasteiger partial charge on any atom is 0.337 e. The molecule has 2 aromatic rings. The summed E-state index contributed by atoms with van der Waals surface area (Å²) in [6.45, 7) is 0. The molecule has 1 N–H and O–H groups in total. The number of nitriles is 1. The molecule has 0 aliphatic rings. The molecule has 1 amide bonds. The number of hydrogen-bond donors (Lipinski definition) is 1. The number of methoxy groups -OCH3 is 1. The molecule has 0 atom stereocenters. The summed E-state index contributed by atoms with van der Waals surface area (Å²) in [5.41, 5.74) is 1.13. The fourth-order valence-corrected chi connectivity index (χ4v) is 2.57. The van der Waals surface area contributed by atoms with Crippen molar-refractivity contribution in [1.82, 2.24) is 0 Å². The molecule has 0 aliphatic carbocycles. The van der Waals surface area contributed by atoms with Gasteiger partial charge in [-0.2, -0.15) is 14.0 Å². The smallest absolute Gasteiger partial charge is 0.337 e. The number of rotatable bonds is 6. The van der Waals surface area contributed by atoms with E-state index in [0.29, 0.717) is 33.5 Å². The first kappa shape index (κ1) is 20.1. The monoisotopic (exact) mass is 388 g/mol. The van der Waals surface area contributed by atoms with Crippen LogP contribution in [-0.4, -0.2) is 24.7 Å². The number of ether oxygens (including phenoxy) is 1. The number of esters is 1. The Kier molecular flexibility index (Phi) is 7.08. The molecule has 8 heteroatoms. The van der Waals surface area contributed by atoms with E-state index in [-0.39, 0.29) is 5.57 Å². The van der Waals surface area contributed by atoms with Crippen molar-refractivity contribution in [2.45, 2.75) is 10.7 Å². The Balaban J connectivity index is 2.10. The van der Waals surface area contributed by atoms with Crippen molar-refractivity contribution in [2.24, 2.45) is 0 Å². The summed E-state index contributed by atoms with van der Waals surface area (Å²) in [6, 6.07) is 13.9. The van der Waals surface area contributed by atoms with Gasteiger partial charge in [-0.05, 0) is 48.0 Å². The number of amides is 1. The molecule has 0 aromatic heterocycles. The Morgan fingerprint density at radius 2 is 1.78 bits per heavy atom. The first-order chi connectivity index (χ1) is 12.9. The average Bonchev–Trinajstić information content (AvgIpc) is 2.67. The fourth-order valence-electron chi connectivity index (χ4n) is 2.07. The Bertz CT molecular complexity index is 889. The minimum atomic E-state index is -2.52. The van der Waals surface area contributed by atoms with Crippen molar-refractivity contribution in [2.75, 3.05) is 12.4 Å². The number of hydrogen-bond acceptors (Lipinski definition) is 5. The van der Waals surface area contributed by atoms with Crippen LogP contribution in [-0.2, 0) is 9.53 Å². The molecule has 27 heavy (non-hydrogen) atoms. The average molecular weight is 388 g/mol. The third kappa shape index (κ3) is 5.94. The number of nitrogens with one attached hydrogen (secondary N) is 1. The van der Waals surface area contributed by atoms with Gasteiger partial charge in [-0.25, -0.2) is 4.79 Å². The van der Waals surface area contributed by atoms with Crippen LogP contribution in [0.1, 0.15) is 15.9 Å². The number of anilines is 1. The van der Waals surface area contributed by atoms with Crippen molar-refractivity contribution in [3.05, 3.63) is 65.2 Å². The Labute approximate surface area is 158 Å². The second-order valence-corrected chi connectivity index (χ2v) is 6.20. The molecule has 138 valence electrons. The zero-order chi connectivity index (χ0) is 19.8. The lowest BCUT2D eigenvalue weighted by Crippen LogP contribution is -2.13. The summed E-state index contributed by atoms with van der Waals surface area (Å²) in [6.07, 6.45) is 1.37. The van der Waals surface area contributed by atoms with Gasteiger partial charge in [0.05, 0.1) is 12.7 Å². The lowest BCUT2D eigenvalue weighted by Gasteiger charge is -2.06. The first-order valence-electron chi connectivity index (χ1n) is 7.59. The van der Waals surface area contributed by atoms with Crippen LogP contribution in [0.2, 0.25) is 0 Å². The lowest BCUT2D eigenvalue weighted by atomic mass is 10.1. The summed E-state index contributed by atoms with van der Waals surface area (Å²) >= 11 is 0.401. The van der Waals surface area contributed by atoms with Crippen LogP contribution in [0.3, 0.4) is 0 Å². The lowest BCUT2D eigenvalue weighted by molar-refractivity contribution is -0.112. The van der Waals surface area contributed by atoms with Gasteiger partial charge in [-0.1, -0.05) is 23.9 Å². The largest absolute Gasteiger partial charge is 0.465 e. The van der Waals surface area contributed by atoms with E-state index in [1.807, 2.05) is 6.07 Å². The third-order valence-corrected chi connectivity index (χ3v) is 4.07. The maximum atomic E-state index is 12.3. The van der Waals surface area contributed by atoms with E-state index in [1.165, 1.54) is 49.6 Å². The van der Waals surface area contributed by atoms with E-state index in [0.717, 1.165) is 0 Å². The van der Waals surface area contributed by atoms with E-state index in [4.69, 9.17) is 0 Å². The molecule has 0 radical (unpaired) electrons. The van der Waals surface area contributed by atoms with Crippen molar-refractivity contribution in [3.63, 3.8) is 0 Å².